The van der Waals surface area contributed by atoms with Gasteiger partial charge in [0, 0.05) is 24.2 Å². The molecule has 0 spiro atoms. The van der Waals surface area contributed by atoms with Gasteiger partial charge in [-0.15, -0.1) is 0 Å². The van der Waals surface area contributed by atoms with Crippen LogP contribution in [0, 0.1) is 0 Å². The molecule has 156 valence electrons. The number of thioether (sulfide) groups is 1. The molecule has 0 saturated heterocycles. The van der Waals surface area contributed by atoms with E-state index in [1.54, 1.807) is 30.1 Å². The van der Waals surface area contributed by atoms with E-state index in [0.717, 1.165) is 22.7 Å². The van der Waals surface area contributed by atoms with Gasteiger partial charge >= 0.3 is 12.0 Å². The van der Waals surface area contributed by atoms with E-state index in [9.17, 15) is 9.59 Å². The topological polar surface area (TPSA) is 96.6 Å². The number of carbonyl (C=O) groups is 2. The predicted molar refractivity (Wildman–Crippen MR) is 111 cm³/mol. The Labute approximate surface area is 174 Å². The lowest BCUT2D eigenvalue weighted by Crippen LogP contribution is -2.51. The molecule has 8 nitrogen and oxygen atoms in total. The van der Waals surface area contributed by atoms with Gasteiger partial charge in [0.1, 0.15) is 17.8 Å². The van der Waals surface area contributed by atoms with Gasteiger partial charge in [-0.05, 0) is 24.5 Å². The van der Waals surface area contributed by atoms with Crippen molar-refractivity contribution < 1.29 is 19.1 Å². The molecule has 2 N–H and O–H groups in total. The van der Waals surface area contributed by atoms with Gasteiger partial charge in [-0.25, -0.2) is 14.6 Å². The van der Waals surface area contributed by atoms with Crippen LogP contribution in [0.4, 0.5) is 4.79 Å². The van der Waals surface area contributed by atoms with Crippen molar-refractivity contribution in [3.8, 4) is 5.75 Å². The van der Waals surface area contributed by atoms with Crippen molar-refractivity contribution >= 4 is 23.8 Å². The van der Waals surface area contributed by atoms with E-state index >= 15 is 0 Å². The highest BCUT2D eigenvalue weighted by molar-refractivity contribution is 7.98. The number of aromatic nitrogens is 2. The maximum absolute atomic E-state index is 13.2. The first-order valence-electron chi connectivity index (χ1n) is 9.39. The van der Waals surface area contributed by atoms with Crippen LogP contribution in [0.1, 0.15) is 29.4 Å². The van der Waals surface area contributed by atoms with Crippen LogP contribution in [-0.2, 0) is 16.0 Å². The van der Waals surface area contributed by atoms with Crippen LogP contribution >= 0.6 is 11.8 Å². The van der Waals surface area contributed by atoms with Gasteiger partial charge in [-0.2, -0.15) is 11.8 Å². The van der Waals surface area contributed by atoms with Crippen LogP contribution in [0.5, 0.6) is 5.75 Å². The van der Waals surface area contributed by atoms with E-state index < -0.39 is 18.1 Å². The summed E-state index contributed by atoms with van der Waals surface area (Å²) in [4.78, 5) is 34.7. The van der Waals surface area contributed by atoms with Crippen LogP contribution in [-0.4, -0.2) is 65.7 Å². The number of nitrogens with one attached hydrogen (secondary N) is 2. The van der Waals surface area contributed by atoms with Gasteiger partial charge in [0.05, 0.1) is 26.2 Å². The zero-order valence-electron chi connectivity index (χ0n) is 16.8. The smallest absolute Gasteiger partial charge is 0.328 e. The molecule has 2 amide bonds. The SMILES string of the molecule is COC(=O)[C@@H](CCSC)NC(=O)N1CCc2[nH]cnc2[C@@H]1c1ccccc1OC. The molecular formula is C20H26N4O4S. The highest BCUT2D eigenvalue weighted by Crippen LogP contribution is 2.37. The molecule has 1 aliphatic heterocycles. The number of amides is 2. The zero-order valence-corrected chi connectivity index (χ0v) is 17.6. The number of esters is 1. The Kier molecular flexibility index (Phi) is 7.03. The molecule has 2 heterocycles. The third-order valence-electron chi connectivity index (χ3n) is 5.01. The first-order valence-corrected chi connectivity index (χ1v) is 10.8. The number of H-pyrrole nitrogens is 1. The van der Waals surface area contributed by atoms with E-state index in [-0.39, 0.29) is 6.03 Å². The lowest BCUT2D eigenvalue weighted by Gasteiger charge is -2.36. The first-order chi connectivity index (χ1) is 14.1. The quantitative estimate of drug-likeness (QED) is 0.670. The van der Waals surface area contributed by atoms with Gasteiger partial charge < -0.3 is 24.7 Å². The molecule has 2 atom stereocenters. The van der Waals surface area contributed by atoms with E-state index in [4.69, 9.17) is 9.47 Å². The fourth-order valence-corrected chi connectivity index (χ4v) is 4.03. The summed E-state index contributed by atoms with van der Waals surface area (Å²) in [6.07, 6.45) is 4.75. The Bertz CT molecular complexity index is 857. The molecule has 1 aliphatic rings. The minimum Gasteiger partial charge on any atom is -0.496 e. The summed E-state index contributed by atoms with van der Waals surface area (Å²) < 4.78 is 10.4. The van der Waals surface area contributed by atoms with E-state index in [2.05, 4.69) is 15.3 Å². The molecule has 9 heteroatoms. The number of fused-ring (bicyclic) bond motifs is 1. The molecule has 1 aromatic carbocycles. The van der Waals surface area contributed by atoms with Crippen molar-refractivity contribution in [2.24, 2.45) is 0 Å². The molecule has 0 aliphatic carbocycles. The largest absolute Gasteiger partial charge is 0.496 e. The molecule has 0 bridgehead atoms. The second kappa shape index (κ2) is 9.69. The summed E-state index contributed by atoms with van der Waals surface area (Å²) in [5.74, 6) is 0.969. The second-order valence-corrected chi connectivity index (χ2v) is 7.65. The van der Waals surface area contributed by atoms with Gasteiger partial charge in [0.2, 0.25) is 0 Å². The molecular weight excluding hydrogens is 392 g/mol. The second-order valence-electron chi connectivity index (χ2n) is 6.66. The monoisotopic (exact) mass is 418 g/mol. The zero-order chi connectivity index (χ0) is 20.8. The number of imidazole rings is 1. The Morgan fingerprint density at radius 2 is 2.17 bits per heavy atom. The predicted octanol–water partition coefficient (Wildman–Crippen LogP) is 2.37. The van der Waals surface area contributed by atoms with Gasteiger partial charge in [0.15, 0.2) is 0 Å². The lowest BCUT2D eigenvalue weighted by atomic mass is 9.95. The van der Waals surface area contributed by atoms with Gasteiger partial charge in [0.25, 0.3) is 0 Å². The summed E-state index contributed by atoms with van der Waals surface area (Å²) >= 11 is 1.61. The minimum absolute atomic E-state index is 0.328. The lowest BCUT2D eigenvalue weighted by molar-refractivity contribution is -0.142. The van der Waals surface area contributed by atoms with Crippen molar-refractivity contribution in [3.05, 3.63) is 47.5 Å². The fraction of sp³-hybridized carbons (Fsp3) is 0.450. The van der Waals surface area contributed by atoms with E-state index in [0.29, 0.717) is 25.1 Å². The average Bonchev–Trinajstić information content (AvgIpc) is 3.24. The molecule has 2 aromatic rings. The van der Waals surface area contributed by atoms with Crippen LogP contribution < -0.4 is 10.1 Å². The number of para-hydroxylation sites is 1. The van der Waals surface area contributed by atoms with Crippen LogP contribution in [0.25, 0.3) is 0 Å². The maximum Gasteiger partial charge on any atom is 0.328 e. The summed E-state index contributed by atoms with van der Waals surface area (Å²) in [6, 6.07) is 6.15. The molecule has 1 aromatic heterocycles. The molecule has 0 radical (unpaired) electrons. The number of benzene rings is 1. The van der Waals surface area contributed by atoms with Crippen LogP contribution in [0.2, 0.25) is 0 Å². The number of nitrogens with zero attached hydrogens (tertiary/aromatic N) is 2. The molecule has 0 fully saturated rings. The standard InChI is InChI=1S/C20H26N4O4S/c1-27-16-7-5-4-6-13(16)18-17-14(21-12-22-17)8-10-24(18)20(26)23-15(9-11-29-3)19(25)28-2/h4-7,12,15,18H,8-11H2,1-3H3,(H,21,22)(H,23,26)/t15-,18+/m1/s1. The van der Waals surface area contributed by atoms with Crippen molar-refractivity contribution in [2.75, 3.05) is 32.8 Å². The third kappa shape index (κ3) is 4.50. The number of rotatable bonds is 7. The normalized spacial score (nSPS) is 16.7. The minimum atomic E-state index is -0.696. The highest BCUT2D eigenvalue weighted by atomic mass is 32.2. The first kappa shape index (κ1) is 21.0. The number of carbonyl (C=O) groups excluding carboxylic acids is 2. The summed E-state index contributed by atoms with van der Waals surface area (Å²) in [7, 11) is 2.93. The molecule has 0 saturated carbocycles. The van der Waals surface area contributed by atoms with E-state index in [1.807, 2.05) is 30.5 Å². The van der Waals surface area contributed by atoms with Crippen LogP contribution in [0.3, 0.4) is 0 Å². The molecule has 29 heavy (non-hydrogen) atoms. The van der Waals surface area contributed by atoms with Gasteiger partial charge in [-0.3, -0.25) is 0 Å². The van der Waals surface area contributed by atoms with Crippen molar-refractivity contribution in [1.29, 1.82) is 0 Å². The number of ether oxygens (including phenoxy) is 2. The maximum atomic E-state index is 13.2. The summed E-state index contributed by atoms with van der Waals surface area (Å²) in [5.41, 5.74) is 2.63. The number of urea groups is 1. The molecule has 3 rings (SSSR count). The highest BCUT2D eigenvalue weighted by Gasteiger charge is 2.37. The molecule has 0 unspecified atom stereocenters. The Morgan fingerprint density at radius 1 is 1.38 bits per heavy atom. The van der Waals surface area contributed by atoms with E-state index in [1.165, 1.54) is 7.11 Å². The summed E-state index contributed by atoms with van der Waals surface area (Å²) in [5, 5.41) is 2.85. The Hall–Kier alpha value is -2.68. The fourth-order valence-electron chi connectivity index (χ4n) is 3.56. The number of aromatic amines is 1. The number of methoxy groups -OCH3 is 2. The number of hydrogen-bond acceptors (Lipinski definition) is 6. The van der Waals surface area contributed by atoms with Crippen LogP contribution in [0.15, 0.2) is 30.6 Å². The van der Waals surface area contributed by atoms with Gasteiger partial charge in [-0.1, -0.05) is 18.2 Å². The average molecular weight is 419 g/mol. The third-order valence-corrected chi connectivity index (χ3v) is 5.66. The summed E-state index contributed by atoms with van der Waals surface area (Å²) in [6.45, 7) is 0.486. The van der Waals surface area contributed by atoms with Crippen molar-refractivity contribution in [1.82, 2.24) is 20.2 Å². The van der Waals surface area contributed by atoms with Crippen molar-refractivity contribution in [3.63, 3.8) is 0 Å². The number of hydrogen-bond donors (Lipinski definition) is 2. The Balaban J connectivity index is 1.92. The van der Waals surface area contributed by atoms with Crippen molar-refractivity contribution in [2.45, 2.75) is 24.9 Å². The Morgan fingerprint density at radius 3 is 2.90 bits per heavy atom.